The third-order valence-electron chi connectivity index (χ3n) is 1.70. The molecule has 0 unspecified atom stereocenters. The Labute approximate surface area is 81.9 Å². The molecule has 0 saturated carbocycles. The Bertz CT molecular complexity index is 328. The van der Waals surface area contributed by atoms with E-state index in [0.717, 1.165) is 0 Å². The number of aromatic nitrogens is 1. The quantitative estimate of drug-likeness (QED) is 0.764. The van der Waals surface area contributed by atoms with Crippen molar-refractivity contribution in [3.63, 3.8) is 0 Å². The van der Waals surface area contributed by atoms with Crippen molar-refractivity contribution in [1.29, 1.82) is 0 Å². The second-order valence-corrected chi connectivity index (χ2v) is 2.78. The summed E-state index contributed by atoms with van der Waals surface area (Å²) in [4.78, 5) is 16.0. The number of carboxylic acid groups (broad SMARTS) is 1. The van der Waals surface area contributed by atoms with Gasteiger partial charge in [-0.25, -0.2) is 4.98 Å². The lowest BCUT2D eigenvalue weighted by Gasteiger charge is -2.17. The second kappa shape index (κ2) is 4.45. The summed E-state index contributed by atoms with van der Waals surface area (Å²) < 4.78 is 5.05. The van der Waals surface area contributed by atoms with E-state index in [2.05, 4.69) is 4.98 Å². The van der Waals surface area contributed by atoms with E-state index < -0.39 is 5.97 Å². The van der Waals surface area contributed by atoms with E-state index in [1.54, 1.807) is 25.4 Å². The van der Waals surface area contributed by atoms with Crippen LogP contribution in [-0.4, -0.2) is 36.8 Å². The minimum atomic E-state index is -0.903. The van der Waals surface area contributed by atoms with E-state index in [-0.39, 0.29) is 6.54 Å². The highest BCUT2D eigenvalue weighted by molar-refractivity contribution is 5.73. The van der Waals surface area contributed by atoms with Crippen LogP contribution in [0.15, 0.2) is 18.3 Å². The summed E-state index contributed by atoms with van der Waals surface area (Å²) in [6.07, 6.45) is 1.59. The molecule has 0 spiro atoms. The van der Waals surface area contributed by atoms with Gasteiger partial charge < -0.3 is 14.7 Å². The van der Waals surface area contributed by atoms with Gasteiger partial charge in [0.1, 0.15) is 6.54 Å². The average molecular weight is 196 g/mol. The van der Waals surface area contributed by atoms with Crippen molar-refractivity contribution in [1.82, 2.24) is 4.98 Å². The summed E-state index contributed by atoms with van der Waals surface area (Å²) in [5.74, 6) is 0.189. The van der Waals surface area contributed by atoms with Crippen LogP contribution >= 0.6 is 0 Å². The van der Waals surface area contributed by atoms with E-state index in [0.29, 0.717) is 11.6 Å². The molecular weight excluding hydrogens is 184 g/mol. The van der Waals surface area contributed by atoms with Gasteiger partial charge in [-0.3, -0.25) is 4.79 Å². The van der Waals surface area contributed by atoms with Crippen LogP contribution in [0.3, 0.4) is 0 Å². The molecule has 0 radical (unpaired) electrons. The topological polar surface area (TPSA) is 62.7 Å². The van der Waals surface area contributed by atoms with Crippen molar-refractivity contribution in [2.45, 2.75) is 0 Å². The van der Waals surface area contributed by atoms with Crippen LogP contribution in [0, 0.1) is 0 Å². The minimum Gasteiger partial charge on any atom is -0.493 e. The standard InChI is InChI=1S/C9H12N2O3/c1-11(6-8(12)13)9-7(14-2)4-3-5-10-9/h3-5H,6H2,1-2H3,(H,12,13). The van der Waals surface area contributed by atoms with Crippen molar-refractivity contribution in [3.05, 3.63) is 18.3 Å². The Morgan fingerprint density at radius 1 is 1.71 bits per heavy atom. The number of rotatable bonds is 4. The third kappa shape index (κ3) is 2.35. The van der Waals surface area contributed by atoms with Crippen molar-refractivity contribution in [3.8, 4) is 5.75 Å². The fourth-order valence-electron chi connectivity index (χ4n) is 1.11. The van der Waals surface area contributed by atoms with E-state index in [1.165, 1.54) is 12.0 Å². The number of carboxylic acids is 1. The molecule has 76 valence electrons. The molecule has 1 heterocycles. The SMILES string of the molecule is COc1cccnc1N(C)CC(=O)O. The number of carbonyl (C=O) groups is 1. The molecule has 1 rings (SSSR count). The maximum Gasteiger partial charge on any atom is 0.323 e. The van der Waals surface area contributed by atoms with Crippen LogP contribution in [0.5, 0.6) is 5.75 Å². The predicted molar refractivity (Wildman–Crippen MR) is 51.7 cm³/mol. The zero-order valence-corrected chi connectivity index (χ0v) is 8.10. The fraction of sp³-hybridized carbons (Fsp3) is 0.333. The molecule has 5 nitrogen and oxygen atoms in total. The molecule has 0 aromatic carbocycles. The Morgan fingerprint density at radius 3 is 3.00 bits per heavy atom. The molecular formula is C9H12N2O3. The maximum atomic E-state index is 10.5. The predicted octanol–water partition coefficient (Wildman–Crippen LogP) is 0.611. The molecule has 0 saturated heterocycles. The van der Waals surface area contributed by atoms with Gasteiger partial charge in [-0.15, -0.1) is 0 Å². The average Bonchev–Trinajstić information content (AvgIpc) is 2.16. The lowest BCUT2D eigenvalue weighted by atomic mass is 10.4. The number of ether oxygens (including phenoxy) is 1. The first-order valence-corrected chi connectivity index (χ1v) is 4.07. The first-order valence-electron chi connectivity index (χ1n) is 4.07. The van der Waals surface area contributed by atoms with Gasteiger partial charge in [0.25, 0.3) is 0 Å². The number of likely N-dealkylation sites (N-methyl/N-ethyl adjacent to an activating group) is 1. The summed E-state index contributed by atoms with van der Waals surface area (Å²) in [5.41, 5.74) is 0. The van der Waals surface area contributed by atoms with Crippen LogP contribution in [0.4, 0.5) is 5.82 Å². The monoisotopic (exact) mass is 196 g/mol. The highest BCUT2D eigenvalue weighted by Crippen LogP contribution is 2.22. The molecule has 0 amide bonds. The zero-order chi connectivity index (χ0) is 10.6. The van der Waals surface area contributed by atoms with Gasteiger partial charge >= 0.3 is 5.97 Å². The normalized spacial score (nSPS) is 9.57. The lowest BCUT2D eigenvalue weighted by molar-refractivity contribution is -0.135. The Balaban J connectivity index is 2.87. The summed E-state index contributed by atoms with van der Waals surface area (Å²) in [6, 6.07) is 3.47. The molecule has 0 atom stereocenters. The summed E-state index contributed by atoms with van der Waals surface area (Å²) >= 11 is 0. The van der Waals surface area contributed by atoms with Crippen LogP contribution in [0.25, 0.3) is 0 Å². The van der Waals surface area contributed by atoms with E-state index in [4.69, 9.17) is 9.84 Å². The van der Waals surface area contributed by atoms with Gasteiger partial charge in [0.2, 0.25) is 0 Å². The van der Waals surface area contributed by atoms with Gasteiger partial charge in [-0.1, -0.05) is 0 Å². The smallest absolute Gasteiger partial charge is 0.323 e. The Hall–Kier alpha value is -1.78. The number of pyridine rings is 1. The van der Waals surface area contributed by atoms with Gasteiger partial charge in [-0.05, 0) is 12.1 Å². The second-order valence-electron chi connectivity index (χ2n) is 2.78. The molecule has 0 aliphatic rings. The van der Waals surface area contributed by atoms with Crippen molar-refractivity contribution in [2.24, 2.45) is 0 Å². The number of anilines is 1. The molecule has 1 aromatic heterocycles. The molecule has 14 heavy (non-hydrogen) atoms. The molecule has 0 aliphatic carbocycles. The van der Waals surface area contributed by atoms with Crippen molar-refractivity contribution in [2.75, 3.05) is 25.6 Å². The molecule has 1 aromatic rings. The highest BCUT2D eigenvalue weighted by atomic mass is 16.5. The molecule has 1 N–H and O–H groups in total. The lowest BCUT2D eigenvalue weighted by Crippen LogP contribution is -2.26. The molecule has 5 heteroatoms. The summed E-state index contributed by atoms with van der Waals surface area (Å²) in [7, 11) is 3.17. The largest absolute Gasteiger partial charge is 0.493 e. The number of hydrogen-bond acceptors (Lipinski definition) is 4. The molecule has 0 bridgehead atoms. The van der Waals surface area contributed by atoms with Gasteiger partial charge in [0.05, 0.1) is 7.11 Å². The van der Waals surface area contributed by atoms with Crippen molar-refractivity contribution >= 4 is 11.8 Å². The number of hydrogen-bond donors (Lipinski definition) is 1. The molecule has 0 aliphatic heterocycles. The zero-order valence-electron chi connectivity index (χ0n) is 8.10. The fourth-order valence-corrected chi connectivity index (χ4v) is 1.11. The van der Waals surface area contributed by atoms with E-state index >= 15 is 0 Å². The Morgan fingerprint density at radius 2 is 2.43 bits per heavy atom. The maximum absolute atomic E-state index is 10.5. The van der Waals surface area contributed by atoms with Crippen LogP contribution in [0.2, 0.25) is 0 Å². The summed E-state index contributed by atoms with van der Waals surface area (Å²) in [5, 5.41) is 8.60. The number of nitrogens with zero attached hydrogens (tertiary/aromatic N) is 2. The van der Waals surface area contributed by atoms with Crippen molar-refractivity contribution < 1.29 is 14.6 Å². The van der Waals surface area contributed by atoms with E-state index in [1.807, 2.05) is 0 Å². The van der Waals surface area contributed by atoms with Gasteiger partial charge in [0.15, 0.2) is 11.6 Å². The van der Waals surface area contributed by atoms with Crippen LogP contribution in [0.1, 0.15) is 0 Å². The summed E-state index contributed by atoms with van der Waals surface area (Å²) in [6.45, 7) is -0.104. The van der Waals surface area contributed by atoms with Crippen LogP contribution < -0.4 is 9.64 Å². The van der Waals surface area contributed by atoms with Gasteiger partial charge in [0, 0.05) is 13.2 Å². The van der Waals surface area contributed by atoms with E-state index in [9.17, 15) is 4.79 Å². The highest BCUT2D eigenvalue weighted by Gasteiger charge is 2.11. The minimum absolute atomic E-state index is 0.104. The Kier molecular flexibility index (Phi) is 3.28. The number of methoxy groups -OCH3 is 1. The van der Waals surface area contributed by atoms with Gasteiger partial charge in [-0.2, -0.15) is 0 Å². The first kappa shape index (κ1) is 10.3. The number of aliphatic carboxylic acids is 1. The third-order valence-corrected chi connectivity index (χ3v) is 1.70. The molecule has 0 fully saturated rings. The van der Waals surface area contributed by atoms with Crippen LogP contribution in [-0.2, 0) is 4.79 Å². The first-order chi connectivity index (χ1) is 6.65.